The van der Waals surface area contributed by atoms with E-state index in [9.17, 15) is 14.9 Å². The molecule has 132 valence electrons. The van der Waals surface area contributed by atoms with Crippen LogP contribution in [0.5, 0.6) is 0 Å². The van der Waals surface area contributed by atoms with Crippen LogP contribution >= 0.6 is 11.6 Å². The smallest absolute Gasteiger partial charge is 0.293 e. The van der Waals surface area contributed by atoms with Crippen molar-refractivity contribution < 1.29 is 9.72 Å². The lowest BCUT2D eigenvalue weighted by molar-refractivity contribution is -0.384. The van der Waals surface area contributed by atoms with Crippen LogP contribution in [0.3, 0.4) is 0 Å². The van der Waals surface area contributed by atoms with E-state index in [1.54, 1.807) is 12.1 Å². The highest BCUT2D eigenvalue weighted by Crippen LogP contribution is 2.29. The number of hydrogen-bond acceptors (Lipinski definition) is 5. The highest BCUT2D eigenvalue weighted by atomic mass is 35.5. The van der Waals surface area contributed by atoms with Crippen molar-refractivity contribution in [3.63, 3.8) is 0 Å². The van der Waals surface area contributed by atoms with Gasteiger partial charge in [0.05, 0.1) is 11.0 Å². The Morgan fingerprint density at radius 1 is 1.28 bits per heavy atom. The highest BCUT2D eigenvalue weighted by molar-refractivity contribution is 6.31. The molecule has 0 bridgehead atoms. The number of carbonyl (C=O) groups is 1. The van der Waals surface area contributed by atoms with Crippen LogP contribution in [0, 0.1) is 10.1 Å². The van der Waals surface area contributed by atoms with Crippen molar-refractivity contribution in [2.24, 2.45) is 0 Å². The summed E-state index contributed by atoms with van der Waals surface area (Å²) in [7, 11) is 3.84. The van der Waals surface area contributed by atoms with Crippen LogP contribution in [0.2, 0.25) is 5.02 Å². The third kappa shape index (κ3) is 4.55. The Bertz CT molecular complexity index is 793. The molecule has 0 aliphatic rings. The third-order valence-corrected chi connectivity index (χ3v) is 4.32. The molecule has 0 saturated carbocycles. The molecule has 2 aromatic carbocycles. The zero-order valence-electron chi connectivity index (χ0n) is 14.3. The normalized spacial score (nSPS) is 12.0. The molecule has 0 saturated heterocycles. The van der Waals surface area contributed by atoms with Crippen molar-refractivity contribution in [1.29, 1.82) is 0 Å². The number of nitrogens with zero attached hydrogens (tertiary/aromatic N) is 2. The molecule has 7 heteroatoms. The molecule has 1 N–H and O–H groups in total. The van der Waals surface area contributed by atoms with Gasteiger partial charge >= 0.3 is 0 Å². The van der Waals surface area contributed by atoms with Crippen molar-refractivity contribution in [2.45, 2.75) is 13.0 Å². The monoisotopic (exact) mass is 361 g/mol. The number of halogens is 1. The molecule has 0 aliphatic heterocycles. The summed E-state index contributed by atoms with van der Waals surface area (Å²) >= 11 is 6.28. The van der Waals surface area contributed by atoms with Crippen LogP contribution in [0.1, 0.15) is 28.9 Å². The summed E-state index contributed by atoms with van der Waals surface area (Å²) in [6.07, 6.45) is 0. The van der Waals surface area contributed by atoms with Crippen molar-refractivity contribution >= 4 is 28.8 Å². The van der Waals surface area contributed by atoms with Crippen LogP contribution in [-0.2, 0) is 0 Å². The predicted octanol–water partition coefficient (Wildman–Crippen LogP) is 4.17. The number of carbonyl (C=O) groups excluding carboxylic acids is 1. The van der Waals surface area contributed by atoms with Gasteiger partial charge in [-0.05, 0) is 44.8 Å². The molecule has 6 nitrogen and oxygen atoms in total. The third-order valence-electron chi connectivity index (χ3n) is 3.97. The average Bonchev–Trinajstić information content (AvgIpc) is 2.56. The van der Waals surface area contributed by atoms with E-state index in [0.717, 1.165) is 5.56 Å². The van der Waals surface area contributed by atoms with E-state index in [2.05, 4.69) is 5.32 Å². The van der Waals surface area contributed by atoms with E-state index >= 15 is 0 Å². The molecule has 0 aromatic heterocycles. The van der Waals surface area contributed by atoms with Crippen LogP contribution in [-0.4, -0.2) is 36.2 Å². The number of likely N-dealkylation sites (N-methyl/N-ethyl adjacent to an activating group) is 1. The number of ketones is 1. The maximum atomic E-state index is 11.4. The minimum Gasteiger partial charge on any atom is -0.378 e. The molecule has 2 rings (SSSR count). The molecule has 0 unspecified atom stereocenters. The summed E-state index contributed by atoms with van der Waals surface area (Å²) in [5.41, 5.74) is 1.50. The molecule has 0 spiro atoms. The summed E-state index contributed by atoms with van der Waals surface area (Å²) in [5.74, 6) is -0.211. The van der Waals surface area contributed by atoms with E-state index in [1.807, 2.05) is 43.3 Å². The van der Waals surface area contributed by atoms with Crippen molar-refractivity contribution in [3.05, 3.63) is 68.7 Å². The molecule has 0 amide bonds. The second-order valence-corrected chi connectivity index (χ2v) is 6.33. The Balaban J connectivity index is 2.28. The fourth-order valence-electron chi connectivity index (χ4n) is 2.57. The molecule has 0 fully saturated rings. The number of anilines is 1. The number of hydrogen-bond donors (Lipinski definition) is 1. The highest BCUT2D eigenvalue weighted by Gasteiger charge is 2.20. The molecule has 1 atom stereocenters. The van der Waals surface area contributed by atoms with Gasteiger partial charge in [-0.15, -0.1) is 0 Å². The van der Waals surface area contributed by atoms with Gasteiger partial charge in [-0.25, -0.2) is 0 Å². The number of nitro groups is 1. The number of Topliss-reactive ketones (excluding diaryl/α,β-unsaturated/α-hetero) is 1. The first-order chi connectivity index (χ1) is 11.8. The van der Waals surface area contributed by atoms with Crippen molar-refractivity contribution in [1.82, 2.24) is 4.90 Å². The number of rotatable bonds is 7. The van der Waals surface area contributed by atoms with Gasteiger partial charge in [-0.1, -0.05) is 29.8 Å². The Morgan fingerprint density at radius 3 is 2.52 bits per heavy atom. The fraction of sp³-hybridized carbons (Fsp3) is 0.278. The first kappa shape index (κ1) is 18.9. The SMILES string of the molecule is CC(=O)c1ccc(NC[C@H](c2ccccc2Cl)N(C)C)c([N+](=O)[O-])c1. The molecular formula is C18H20ClN3O3. The molecule has 25 heavy (non-hydrogen) atoms. The van der Waals surface area contributed by atoms with Crippen LogP contribution < -0.4 is 5.32 Å². The molecule has 0 aliphatic carbocycles. The van der Waals surface area contributed by atoms with Crippen LogP contribution in [0.25, 0.3) is 0 Å². The summed E-state index contributed by atoms with van der Waals surface area (Å²) in [6.45, 7) is 1.81. The van der Waals surface area contributed by atoms with E-state index in [1.165, 1.54) is 13.0 Å². The molecular weight excluding hydrogens is 342 g/mol. The van der Waals surface area contributed by atoms with Gasteiger partial charge in [-0.3, -0.25) is 14.9 Å². The van der Waals surface area contributed by atoms with Crippen LogP contribution in [0.4, 0.5) is 11.4 Å². The van der Waals surface area contributed by atoms with Gasteiger partial charge in [0, 0.05) is 23.2 Å². The maximum Gasteiger partial charge on any atom is 0.293 e. The largest absolute Gasteiger partial charge is 0.378 e. The first-order valence-corrected chi connectivity index (χ1v) is 8.13. The number of benzene rings is 2. The van der Waals surface area contributed by atoms with Gasteiger partial charge in [0.15, 0.2) is 5.78 Å². The number of nitrogens with one attached hydrogen (secondary N) is 1. The summed E-state index contributed by atoms with van der Waals surface area (Å²) in [6, 6.07) is 11.9. The average molecular weight is 362 g/mol. The van der Waals surface area contributed by atoms with Gasteiger partial charge in [0.2, 0.25) is 0 Å². The Morgan fingerprint density at radius 2 is 1.96 bits per heavy atom. The van der Waals surface area contributed by atoms with Gasteiger partial charge in [0.1, 0.15) is 5.69 Å². The van der Waals surface area contributed by atoms with Gasteiger partial charge < -0.3 is 10.2 Å². The van der Waals surface area contributed by atoms with E-state index < -0.39 is 4.92 Å². The topological polar surface area (TPSA) is 75.5 Å². The molecule has 0 radical (unpaired) electrons. The maximum absolute atomic E-state index is 11.4. The van der Waals surface area contributed by atoms with Gasteiger partial charge in [0.25, 0.3) is 5.69 Å². The zero-order valence-corrected chi connectivity index (χ0v) is 15.1. The standard InChI is InChI=1S/C18H20ClN3O3/c1-12(23)13-8-9-16(17(10-13)22(24)25)20-11-18(21(2)3)14-6-4-5-7-15(14)19/h4-10,18,20H,11H2,1-3H3/t18-/m1/s1. The lowest BCUT2D eigenvalue weighted by Crippen LogP contribution is -2.27. The molecule has 2 aromatic rings. The van der Waals surface area contributed by atoms with E-state index in [4.69, 9.17) is 11.6 Å². The van der Waals surface area contributed by atoms with Crippen molar-refractivity contribution in [3.8, 4) is 0 Å². The van der Waals surface area contributed by atoms with E-state index in [-0.39, 0.29) is 17.5 Å². The summed E-state index contributed by atoms with van der Waals surface area (Å²) in [5, 5.41) is 15.1. The zero-order chi connectivity index (χ0) is 18.6. The Hall–Kier alpha value is -2.44. The second kappa shape index (κ2) is 8.09. The predicted molar refractivity (Wildman–Crippen MR) is 99.5 cm³/mol. The minimum absolute atomic E-state index is 0.0687. The lowest BCUT2D eigenvalue weighted by atomic mass is 10.1. The molecule has 0 heterocycles. The van der Waals surface area contributed by atoms with Crippen molar-refractivity contribution in [2.75, 3.05) is 26.0 Å². The van der Waals surface area contributed by atoms with Crippen LogP contribution in [0.15, 0.2) is 42.5 Å². The Kier molecular flexibility index (Phi) is 6.12. The summed E-state index contributed by atoms with van der Waals surface area (Å²) in [4.78, 5) is 24.3. The number of nitro benzene ring substituents is 1. The fourth-order valence-corrected chi connectivity index (χ4v) is 2.84. The minimum atomic E-state index is -0.491. The summed E-state index contributed by atoms with van der Waals surface area (Å²) < 4.78 is 0. The quantitative estimate of drug-likeness (QED) is 0.455. The van der Waals surface area contributed by atoms with E-state index in [0.29, 0.717) is 22.8 Å². The lowest BCUT2D eigenvalue weighted by Gasteiger charge is -2.26. The Labute approximate surface area is 151 Å². The first-order valence-electron chi connectivity index (χ1n) is 7.75. The second-order valence-electron chi connectivity index (χ2n) is 5.93. The van der Waals surface area contributed by atoms with Gasteiger partial charge in [-0.2, -0.15) is 0 Å².